The first kappa shape index (κ1) is 20.1. The Balaban J connectivity index is 1.74. The predicted molar refractivity (Wildman–Crippen MR) is 110 cm³/mol. The Morgan fingerprint density at radius 3 is 2.43 bits per heavy atom. The molecule has 28 heavy (non-hydrogen) atoms. The number of aromatic nitrogens is 2. The van der Waals surface area contributed by atoms with Crippen LogP contribution in [-0.2, 0) is 16.6 Å². The van der Waals surface area contributed by atoms with Gasteiger partial charge in [-0.1, -0.05) is 42.5 Å². The fourth-order valence-corrected chi connectivity index (χ4v) is 4.41. The van der Waals surface area contributed by atoms with Crippen LogP contribution < -0.4 is 9.46 Å². The van der Waals surface area contributed by atoms with E-state index >= 15 is 0 Å². The molecular weight excluding hydrogens is 374 g/mol. The van der Waals surface area contributed by atoms with Crippen LogP contribution in [0.3, 0.4) is 0 Å². The van der Waals surface area contributed by atoms with Crippen LogP contribution in [0.4, 0.5) is 0 Å². The Labute approximate surface area is 166 Å². The highest BCUT2D eigenvalue weighted by Gasteiger charge is 2.19. The lowest BCUT2D eigenvalue weighted by Crippen LogP contribution is -2.28. The highest BCUT2D eigenvalue weighted by Crippen LogP contribution is 2.26. The first-order valence-electron chi connectivity index (χ1n) is 9.25. The fraction of sp³-hybridized carbons (Fsp3) is 0.286. The summed E-state index contributed by atoms with van der Waals surface area (Å²) in [5.41, 5.74) is 4.13. The summed E-state index contributed by atoms with van der Waals surface area (Å²) in [4.78, 5) is 0.148. The van der Waals surface area contributed by atoms with E-state index in [4.69, 9.17) is 4.74 Å². The standard InChI is InChI=1S/C21H25N3O3S/c1-4-27-19-12-8-9-13-20(19)28(25,26)22-14-15-24-17(3)21(16(2)23-24)18-10-6-5-7-11-18/h5-13,22H,4,14-15H2,1-3H3. The molecule has 1 heterocycles. The summed E-state index contributed by atoms with van der Waals surface area (Å²) in [6.07, 6.45) is 0. The van der Waals surface area contributed by atoms with Crippen LogP contribution in [0, 0.1) is 13.8 Å². The van der Waals surface area contributed by atoms with Gasteiger partial charge in [0.05, 0.1) is 18.8 Å². The van der Waals surface area contributed by atoms with E-state index in [1.807, 2.05) is 43.7 Å². The van der Waals surface area contributed by atoms with Crippen LogP contribution in [0.5, 0.6) is 5.75 Å². The van der Waals surface area contributed by atoms with E-state index in [2.05, 4.69) is 22.0 Å². The zero-order valence-corrected chi connectivity index (χ0v) is 17.2. The molecule has 7 heteroatoms. The highest BCUT2D eigenvalue weighted by atomic mass is 32.2. The van der Waals surface area contributed by atoms with Crippen molar-refractivity contribution in [1.82, 2.24) is 14.5 Å². The Morgan fingerprint density at radius 1 is 1.04 bits per heavy atom. The molecule has 0 aliphatic carbocycles. The second kappa shape index (κ2) is 8.58. The van der Waals surface area contributed by atoms with E-state index in [0.29, 0.717) is 18.9 Å². The van der Waals surface area contributed by atoms with Crippen LogP contribution in [0.1, 0.15) is 18.3 Å². The van der Waals surface area contributed by atoms with Crippen LogP contribution in [-0.4, -0.2) is 31.3 Å². The Hall–Kier alpha value is -2.64. The minimum Gasteiger partial charge on any atom is -0.492 e. The quantitative estimate of drug-likeness (QED) is 0.629. The van der Waals surface area contributed by atoms with Gasteiger partial charge in [0.2, 0.25) is 10.0 Å². The number of benzene rings is 2. The maximum absolute atomic E-state index is 12.7. The molecule has 2 aromatic carbocycles. The summed E-state index contributed by atoms with van der Waals surface area (Å²) in [5.74, 6) is 0.356. The van der Waals surface area contributed by atoms with Gasteiger partial charge in [0.25, 0.3) is 0 Å². The van der Waals surface area contributed by atoms with Crippen molar-refractivity contribution in [3.05, 3.63) is 66.0 Å². The maximum atomic E-state index is 12.7. The minimum atomic E-state index is -3.67. The van der Waals surface area contributed by atoms with Gasteiger partial charge >= 0.3 is 0 Å². The summed E-state index contributed by atoms with van der Waals surface area (Å²) < 4.78 is 35.3. The molecule has 148 valence electrons. The molecule has 1 N–H and O–H groups in total. The molecule has 0 spiro atoms. The molecule has 0 saturated carbocycles. The van der Waals surface area contributed by atoms with Gasteiger partial charge in [-0.25, -0.2) is 13.1 Å². The Bertz CT molecular complexity index is 1040. The number of aryl methyl sites for hydroxylation is 1. The van der Waals surface area contributed by atoms with Crippen molar-refractivity contribution in [3.8, 4) is 16.9 Å². The molecule has 3 aromatic rings. The summed E-state index contributed by atoms with van der Waals surface area (Å²) in [6.45, 7) is 6.87. The van der Waals surface area contributed by atoms with Crippen LogP contribution >= 0.6 is 0 Å². The minimum absolute atomic E-state index is 0.148. The van der Waals surface area contributed by atoms with Crippen molar-refractivity contribution in [2.75, 3.05) is 13.2 Å². The molecule has 0 aliphatic heterocycles. The third-order valence-electron chi connectivity index (χ3n) is 4.50. The maximum Gasteiger partial charge on any atom is 0.244 e. The van der Waals surface area contributed by atoms with Gasteiger partial charge < -0.3 is 4.74 Å². The Kier molecular flexibility index (Phi) is 6.16. The van der Waals surface area contributed by atoms with E-state index in [1.165, 1.54) is 0 Å². The lowest BCUT2D eigenvalue weighted by atomic mass is 10.0. The average molecular weight is 400 g/mol. The van der Waals surface area contributed by atoms with Gasteiger partial charge in [-0.15, -0.1) is 0 Å². The van der Waals surface area contributed by atoms with Crippen LogP contribution in [0.15, 0.2) is 59.5 Å². The predicted octanol–water partition coefficient (Wildman–Crippen LogP) is 3.54. The van der Waals surface area contributed by atoms with Crippen molar-refractivity contribution in [1.29, 1.82) is 0 Å². The largest absolute Gasteiger partial charge is 0.492 e. The normalized spacial score (nSPS) is 11.5. The van der Waals surface area contributed by atoms with Gasteiger partial charge in [-0.05, 0) is 38.5 Å². The smallest absolute Gasteiger partial charge is 0.244 e. The number of rotatable bonds is 8. The number of sulfonamides is 1. The van der Waals surface area contributed by atoms with Crippen molar-refractivity contribution in [3.63, 3.8) is 0 Å². The zero-order valence-electron chi connectivity index (χ0n) is 16.3. The molecule has 0 saturated heterocycles. The van der Waals surface area contributed by atoms with Crippen molar-refractivity contribution in [2.45, 2.75) is 32.2 Å². The molecule has 3 rings (SSSR count). The SMILES string of the molecule is CCOc1ccccc1S(=O)(=O)NCCn1nc(C)c(-c2ccccc2)c1C. The molecule has 0 bridgehead atoms. The fourth-order valence-electron chi connectivity index (χ4n) is 3.25. The molecule has 0 unspecified atom stereocenters. The van der Waals surface area contributed by atoms with Crippen molar-refractivity contribution >= 4 is 10.0 Å². The number of para-hydroxylation sites is 1. The number of ether oxygens (including phenoxy) is 1. The first-order chi connectivity index (χ1) is 13.4. The van der Waals surface area contributed by atoms with E-state index in [0.717, 1.165) is 22.5 Å². The van der Waals surface area contributed by atoms with Gasteiger partial charge in [-0.3, -0.25) is 4.68 Å². The van der Waals surface area contributed by atoms with E-state index in [1.54, 1.807) is 24.3 Å². The monoisotopic (exact) mass is 399 g/mol. The van der Waals surface area contributed by atoms with E-state index in [9.17, 15) is 8.42 Å². The second-order valence-corrected chi connectivity index (χ2v) is 8.15. The molecule has 0 aliphatic rings. The lowest BCUT2D eigenvalue weighted by molar-refractivity contribution is 0.331. The number of nitrogens with one attached hydrogen (secondary N) is 1. The lowest BCUT2D eigenvalue weighted by Gasteiger charge is -2.12. The summed E-state index contributed by atoms with van der Waals surface area (Å²) in [5, 5.41) is 4.58. The Morgan fingerprint density at radius 2 is 1.71 bits per heavy atom. The summed E-state index contributed by atoms with van der Waals surface area (Å²) in [6, 6.07) is 16.7. The molecule has 0 atom stereocenters. The summed E-state index contributed by atoms with van der Waals surface area (Å²) in [7, 11) is -3.67. The molecule has 0 radical (unpaired) electrons. The van der Waals surface area contributed by atoms with Gasteiger partial charge in [0.15, 0.2) is 0 Å². The number of nitrogens with zero attached hydrogens (tertiary/aromatic N) is 2. The van der Waals surface area contributed by atoms with Crippen molar-refractivity contribution in [2.24, 2.45) is 0 Å². The van der Waals surface area contributed by atoms with Crippen LogP contribution in [0.2, 0.25) is 0 Å². The average Bonchev–Trinajstić information content (AvgIpc) is 2.96. The molecule has 0 fully saturated rings. The van der Waals surface area contributed by atoms with E-state index in [-0.39, 0.29) is 11.4 Å². The molecule has 6 nitrogen and oxygen atoms in total. The van der Waals surface area contributed by atoms with Gasteiger partial charge in [0, 0.05) is 17.8 Å². The third kappa shape index (κ3) is 4.26. The number of hydrogen-bond donors (Lipinski definition) is 1. The molecular formula is C21H25N3O3S. The first-order valence-corrected chi connectivity index (χ1v) is 10.7. The topological polar surface area (TPSA) is 73.2 Å². The van der Waals surface area contributed by atoms with Crippen molar-refractivity contribution < 1.29 is 13.2 Å². The number of hydrogen-bond acceptors (Lipinski definition) is 4. The molecule has 0 amide bonds. The van der Waals surface area contributed by atoms with E-state index < -0.39 is 10.0 Å². The summed E-state index contributed by atoms with van der Waals surface area (Å²) >= 11 is 0. The van der Waals surface area contributed by atoms with Gasteiger partial charge in [0.1, 0.15) is 10.6 Å². The third-order valence-corrected chi connectivity index (χ3v) is 6.00. The molecule has 1 aromatic heterocycles. The van der Waals surface area contributed by atoms with Crippen LogP contribution in [0.25, 0.3) is 11.1 Å². The van der Waals surface area contributed by atoms with Gasteiger partial charge in [-0.2, -0.15) is 5.10 Å². The second-order valence-electron chi connectivity index (χ2n) is 6.41. The highest BCUT2D eigenvalue weighted by molar-refractivity contribution is 7.89. The zero-order chi connectivity index (χ0) is 20.1.